The van der Waals surface area contributed by atoms with E-state index in [0.717, 1.165) is 0 Å². The number of hydrogen-bond donors (Lipinski definition) is 4. The molecule has 0 saturated carbocycles. The third-order valence-electron chi connectivity index (χ3n) is 3.33. The Morgan fingerprint density at radius 2 is 2.00 bits per heavy atom. The Kier molecular flexibility index (Phi) is 5.94. The molecule has 120 valence electrons. The fourth-order valence-corrected chi connectivity index (χ4v) is 3.69. The van der Waals surface area contributed by atoms with E-state index in [1.54, 1.807) is 0 Å². The van der Waals surface area contributed by atoms with Crippen molar-refractivity contribution >= 4 is 16.0 Å². The lowest BCUT2D eigenvalue weighted by atomic mass is 10.1. The van der Waals surface area contributed by atoms with Gasteiger partial charge in [0.05, 0.1) is 0 Å². The summed E-state index contributed by atoms with van der Waals surface area (Å²) in [6, 6.07) is 0. The number of carboxylic acid groups (broad SMARTS) is 1. The second-order valence-corrected chi connectivity index (χ2v) is 6.92. The number of aliphatic hydroxyl groups excluding tert-OH is 1. The fraction of sp³-hybridized carbons (Fsp3) is 0.615. The number of carboxylic acids is 1. The van der Waals surface area contributed by atoms with Gasteiger partial charge in [-0.1, -0.05) is 6.92 Å². The lowest BCUT2D eigenvalue weighted by Gasteiger charge is -2.09. The quantitative estimate of drug-likeness (QED) is 0.533. The van der Waals surface area contributed by atoms with Gasteiger partial charge in [0.15, 0.2) is 0 Å². The number of sulfonamides is 1. The molecule has 1 unspecified atom stereocenters. The zero-order chi connectivity index (χ0) is 16.2. The highest BCUT2D eigenvalue weighted by Gasteiger charge is 2.25. The first-order valence-electron chi connectivity index (χ1n) is 6.73. The van der Waals surface area contributed by atoms with Crippen LogP contribution in [0.2, 0.25) is 0 Å². The lowest BCUT2D eigenvalue weighted by Crippen LogP contribution is -2.26. The molecule has 1 atom stereocenters. The van der Waals surface area contributed by atoms with Crippen LogP contribution in [0.3, 0.4) is 0 Å². The molecule has 21 heavy (non-hydrogen) atoms. The number of rotatable bonds is 8. The molecule has 0 aliphatic heterocycles. The van der Waals surface area contributed by atoms with Gasteiger partial charge in [0.1, 0.15) is 10.6 Å². The van der Waals surface area contributed by atoms with Crippen LogP contribution in [0.5, 0.6) is 0 Å². The first-order chi connectivity index (χ1) is 9.70. The van der Waals surface area contributed by atoms with Crippen molar-refractivity contribution in [3.8, 4) is 0 Å². The Morgan fingerprint density at radius 3 is 2.48 bits per heavy atom. The molecule has 7 nitrogen and oxygen atoms in total. The average molecular weight is 318 g/mol. The lowest BCUT2D eigenvalue weighted by molar-refractivity contribution is 0.0690. The Hall–Kier alpha value is -1.38. The Labute approximate surface area is 124 Å². The normalized spacial score (nSPS) is 13.3. The van der Waals surface area contributed by atoms with E-state index >= 15 is 0 Å². The summed E-state index contributed by atoms with van der Waals surface area (Å²) < 4.78 is 27.0. The zero-order valence-corrected chi connectivity index (χ0v) is 13.2. The first kappa shape index (κ1) is 17.7. The van der Waals surface area contributed by atoms with Crippen molar-refractivity contribution in [3.63, 3.8) is 0 Å². The van der Waals surface area contributed by atoms with Gasteiger partial charge in [-0.2, -0.15) is 0 Å². The first-order valence-corrected chi connectivity index (χ1v) is 8.22. The number of aromatic nitrogens is 1. The van der Waals surface area contributed by atoms with Crippen molar-refractivity contribution in [3.05, 3.63) is 17.0 Å². The predicted molar refractivity (Wildman–Crippen MR) is 77.9 cm³/mol. The summed E-state index contributed by atoms with van der Waals surface area (Å²) in [4.78, 5) is 13.6. The van der Waals surface area contributed by atoms with E-state index in [4.69, 9.17) is 10.2 Å². The van der Waals surface area contributed by atoms with Crippen molar-refractivity contribution in [1.82, 2.24) is 9.71 Å². The van der Waals surface area contributed by atoms with E-state index in [-0.39, 0.29) is 35.2 Å². The minimum absolute atomic E-state index is 0.00453. The van der Waals surface area contributed by atoms with Gasteiger partial charge in [0, 0.05) is 24.4 Å². The van der Waals surface area contributed by atoms with Crippen LogP contribution in [0.1, 0.15) is 41.5 Å². The number of H-pyrrole nitrogens is 1. The Bertz CT molecular complexity index is 606. The molecule has 4 N–H and O–H groups in total. The smallest absolute Gasteiger partial charge is 0.352 e. The van der Waals surface area contributed by atoms with Crippen LogP contribution < -0.4 is 4.72 Å². The van der Waals surface area contributed by atoms with Crippen LogP contribution in [0.4, 0.5) is 0 Å². The van der Waals surface area contributed by atoms with Gasteiger partial charge < -0.3 is 15.2 Å². The molecule has 1 rings (SSSR count). The van der Waals surface area contributed by atoms with Crippen molar-refractivity contribution in [2.75, 3.05) is 13.2 Å². The summed E-state index contributed by atoms with van der Waals surface area (Å²) in [6.45, 7) is 5.20. The number of hydrogen-bond acceptors (Lipinski definition) is 4. The molecule has 1 aromatic rings. The number of aromatic amines is 1. The highest BCUT2D eigenvalue weighted by molar-refractivity contribution is 7.89. The van der Waals surface area contributed by atoms with Crippen molar-refractivity contribution < 1.29 is 23.4 Å². The molecule has 1 aromatic heterocycles. The summed E-state index contributed by atoms with van der Waals surface area (Å²) in [7, 11) is -3.75. The van der Waals surface area contributed by atoms with Crippen LogP contribution in [0, 0.1) is 19.8 Å². The summed E-state index contributed by atoms with van der Waals surface area (Å²) >= 11 is 0. The van der Waals surface area contributed by atoms with Crippen molar-refractivity contribution in [2.45, 2.75) is 38.5 Å². The van der Waals surface area contributed by atoms with E-state index in [1.165, 1.54) is 13.8 Å². The van der Waals surface area contributed by atoms with Gasteiger partial charge in [0.25, 0.3) is 0 Å². The molecule has 0 bridgehead atoms. The summed E-state index contributed by atoms with van der Waals surface area (Å²) in [6.07, 6.45) is 1.32. The number of nitrogens with one attached hydrogen (secondary N) is 2. The fourth-order valence-electron chi connectivity index (χ4n) is 2.17. The number of aliphatic hydroxyl groups is 1. The van der Waals surface area contributed by atoms with Gasteiger partial charge >= 0.3 is 5.97 Å². The van der Waals surface area contributed by atoms with Crippen molar-refractivity contribution in [2.24, 2.45) is 5.92 Å². The SMILES string of the molecule is Cc1[nH]c(C(=O)O)c(C)c1S(=O)(=O)NCCCC(C)CO. The summed E-state index contributed by atoms with van der Waals surface area (Å²) in [5, 5.41) is 17.9. The van der Waals surface area contributed by atoms with Crippen LogP contribution in [-0.2, 0) is 10.0 Å². The molecule has 0 aliphatic carbocycles. The topological polar surface area (TPSA) is 119 Å². The van der Waals surface area contributed by atoms with Crippen LogP contribution >= 0.6 is 0 Å². The maximum atomic E-state index is 12.3. The number of aromatic carboxylic acids is 1. The van der Waals surface area contributed by atoms with Gasteiger partial charge in [0.2, 0.25) is 10.0 Å². The molecule has 8 heteroatoms. The van der Waals surface area contributed by atoms with Crippen LogP contribution in [0.15, 0.2) is 4.90 Å². The van der Waals surface area contributed by atoms with Crippen molar-refractivity contribution in [1.29, 1.82) is 0 Å². The highest BCUT2D eigenvalue weighted by atomic mass is 32.2. The van der Waals surface area contributed by atoms with E-state index in [2.05, 4.69) is 9.71 Å². The second-order valence-electron chi connectivity index (χ2n) is 5.21. The molecule has 0 fully saturated rings. The van der Waals surface area contributed by atoms with Gasteiger partial charge in [-0.25, -0.2) is 17.9 Å². The maximum absolute atomic E-state index is 12.3. The monoisotopic (exact) mass is 318 g/mol. The molecule has 0 aromatic carbocycles. The van der Waals surface area contributed by atoms with Gasteiger partial charge in [-0.15, -0.1) is 0 Å². The predicted octanol–water partition coefficient (Wildman–Crippen LogP) is 1.02. The second kappa shape index (κ2) is 7.06. The summed E-state index contributed by atoms with van der Waals surface area (Å²) in [5.41, 5.74) is 0.402. The van der Waals surface area contributed by atoms with E-state index in [0.29, 0.717) is 18.5 Å². The van der Waals surface area contributed by atoms with E-state index in [1.807, 2.05) is 6.92 Å². The molecule has 0 aliphatic rings. The van der Waals surface area contributed by atoms with E-state index < -0.39 is 16.0 Å². The zero-order valence-electron chi connectivity index (χ0n) is 12.4. The average Bonchev–Trinajstić information content (AvgIpc) is 2.70. The molecule has 0 radical (unpaired) electrons. The van der Waals surface area contributed by atoms with Crippen LogP contribution in [0.25, 0.3) is 0 Å². The molecule has 0 spiro atoms. The maximum Gasteiger partial charge on any atom is 0.352 e. The third-order valence-corrected chi connectivity index (χ3v) is 5.06. The minimum atomic E-state index is -3.75. The van der Waals surface area contributed by atoms with Gasteiger partial charge in [-0.3, -0.25) is 0 Å². The number of carbonyl (C=O) groups is 1. The summed E-state index contributed by atoms with van der Waals surface area (Å²) in [5.74, 6) is -1.06. The molecular weight excluding hydrogens is 296 g/mol. The highest BCUT2D eigenvalue weighted by Crippen LogP contribution is 2.23. The van der Waals surface area contributed by atoms with Crippen LogP contribution in [-0.4, -0.2) is 42.7 Å². The Balaban J connectivity index is 2.82. The standard InChI is InChI=1S/C13H22N2O5S/c1-8(7-16)5-4-6-14-21(19,20)12-9(2)11(13(17)18)15-10(12)3/h8,14-16H,4-7H2,1-3H3,(H,17,18). The number of aryl methyl sites for hydroxylation is 1. The molecule has 0 saturated heterocycles. The largest absolute Gasteiger partial charge is 0.477 e. The third kappa shape index (κ3) is 4.29. The minimum Gasteiger partial charge on any atom is -0.477 e. The molecule has 1 heterocycles. The van der Waals surface area contributed by atoms with Gasteiger partial charge in [-0.05, 0) is 32.6 Å². The Morgan fingerprint density at radius 1 is 1.38 bits per heavy atom. The molecular formula is C13H22N2O5S. The molecule has 0 amide bonds. The van der Waals surface area contributed by atoms with E-state index in [9.17, 15) is 13.2 Å².